The average Bonchev–Trinajstić information content (AvgIpc) is 3.10. The number of aliphatic hydroxyl groups is 1. The number of phenols is 1. The van der Waals surface area contributed by atoms with E-state index in [0.717, 1.165) is 17.5 Å². The van der Waals surface area contributed by atoms with Crippen LogP contribution in [0.3, 0.4) is 0 Å². The molecule has 4 rings (SSSR count). The predicted molar refractivity (Wildman–Crippen MR) is 131 cm³/mol. The van der Waals surface area contributed by atoms with Gasteiger partial charge >= 0.3 is 0 Å². The minimum Gasteiger partial charge on any atom is -0.508 e. The first-order chi connectivity index (χ1) is 16.3. The second kappa shape index (κ2) is 9.43. The fraction of sp³-hybridized carbons (Fsp3) is 0.214. The van der Waals surface area contributed by atoms with Crippen LogP contribution in [0.15, 0.2) is 72.3 Å². The molecule has 34 heavy (non-hydrogen) atoms. The van der Waals surface area contributed by atoms with Gasteiger partial charge in [-0.25, -0.2) is 0 Å². The Bertz CT molecular complexity index is 1260. The van der Waals surface area contributed by atoms with Crippen LogP contribution in [0.2, 0.25) is 0 Å². The van der Waals surface area contributed by atoms with Crippen molar-refractivity contribution in [1.29, 1.82) is 0 Å². The summed E-state index contributed by atoms with van der Waals surface area (Å²) in [5.41, 5.74) is 3.45. The van der Waals surface area contributed by atoms with Gasteiger partial charge in [-0.05, 0) is 79.4 Å². The van der Waals surface area contributed by atoms with Crippen molar-refractivity contribution >= 4 is 23.1 Å². The Morgan fingerprint density at radius 3 is 2.29 bits per heavy atom. The Hall–Kier alpha value is -4.06. The summed E-state index contributed by atoms with van der Waals surface area (Å²) in [6.07, 6.45) is 0.871. The number of hydrogen-bond acceptors (Lipinski definition) is 5. The lowest BCUT2D eigenvalue weighted by Crippen LogP contribution is -2.30. The third-order valence-electron chi connectivity index (χ3n) is 6.09. The molecule has 0 aromatic heterocycles. The van der Waals surface area contributed by atoms with Crippen LogP contribution in [0, 0.1) is 13.8 Å². The molecule has 1 heterocycles. The number of rotatable bonds is 6. The first-order valence-electron chi connectivity index (χ1n) is 11.2. The second-order valence-electron chi connectivity index (χ2n) is 8.35. The number of benzene rings is 3. The number of anilines is 1. The molecule has 3 aromatic carbocycles. The van der Waals surface area contributed by atoms with Crippen LogP contribution in [-0.4, -0.2) is 28.5 Å². The Balaban J connectivity index is 1.88. The molecule has 2 N–H and O–H groups in total. The van der Waals surface area contributed by atoms with Crippen LogP contribution in [0.1, 0.15) is 41.6 Å². The van der Waals surface area contributed by atoms with Gasteiger partial charge in [-0.2, -0.15) is 0 Å². The summed E-state index contributed by atoms with van der Waals surface area (Å²) in [4.78, 5) is 28.0. The molecule has 6 heteroatoms. The van der Waals surface area contributed by atoms with Gasteiger partial charge in [0.2, 0.25) is 0 Å². The van der Waals surface area contributed by atoms with Gasteiger partial charge in [0.15, 0.2) is 0 Å². The number of aryl methyl sites for hydroxylation is 1. The van der Waals surface area contributed by atoms with Crippen LogP contribution >= 0.6 is 0 Å². The van der Waals surface area contributed by atoms with Gasteiger partial charge in [0.25, 0.3) is 11.7 Å². The fourth-order valence-electron chi connectivity index (χ4n) is 4.13. The highest BCUT2D eigenvalue weighted by molar-refractivity contribution is 6.51. The zero-order chi connectivity index (χ0) is 24.4. The Kier molecular flexibility index (Phi) is 6.41. The fourth-order valence-corrected chi connectivity index (χ4v) is 4.13. The summed E-state index contributed by atoms with van der Waals surface area (Å²) < 4.78 is 5.60. The van der Waals surface area contributed by atoms with Crippen LogP contribution in [0.4, 0.5) is 5.69 Å². The van der Waals surface area contributed by atoms with Crippen LogP contribution in [0.25, 0.3) is 5.76 Å². The summed E-state index contributed by atoms with van der Waals surface area (Å²) in [6.45, 7) is 6.42. The molecule has 1 atom stereocenters. The highest BCUT2D eigenvalue weighted by Crippen LogP contribution is 2.43. The van der Waals surface area contributed by atoms with E-state index in [-0.39, 0.29) is 17.1 Å². The molecule has 1 saturated heterocycles. The van der Waals surface area contributed by atoms with E-state index in [9.17, 15) is 19.8 Å². The third kappa shape index (κ3) is 4.15. The summed E-state index contributed by atoms with van der Waals surface area (Å²) in [7, 11) is 0. The van der Waals surface area contributed by atoms with Crippen molar-refractivity contribution < 1.29 is 24.5 Å². The molecule has 1 aliphatic rings. The molecule has 1 amide bonds. The third-order valence-corrected chi connectivity index (χ3v) is 6.09. The molecule has 1 aliphatic heterocycles. The normalized spacial score (nSPS) is 17.3. The zero-order valence-electron chi connectivity index (χ0n) is 19.4. The van der Waals surface area contributed by atoms with Crippen molar-refractivity contribution in [3.8, 4) is 11.5 Å². The average molecular weight is 458 g/mol. The van der Waals surface area contributed by atoms with Crippen molar-refractivity contribution in [2.45, 2.75) is 33.2 Å². The van der Waals surface area contributed by atoms with Gasteiger partial charge < -0.3 is 14.9 Å². The summed E-state index contributed by atoms with van der Waals surface area (Å²) in [6, 6.07) is 17.8. The lowest BCUT2D eigenvalue weighted by molar-refractivity contribution is -0.132. The van der Waals surface area contributed by atoms with Gasteiger partial charge in [0, 0.05) is 11.3 Å². The predicted octanol–water partition coefficient (Wildman–Crippen LogP) is 5.42. The maximum Gasteiger partial charge on any atom is 0.300 e. The number of amides is 1. The van der Waals surface area contributed by atoms with Crippen molar-refractivity contribution in [1.82, 2.24) is 0 Å². The molecule has 1 unspecified atom stereocenters. The second-order valence-corrected chi connectivity index (χ2v) is 8.35. The molecule has 1 fully saturated rings. The van der Waals surface area contributed by atoms with Gasteiger partial charge in [-0.3, -0.25) is 14.5 Å². The lowest BCUT2D eigenvalue weighted by atomic mass is 9.94. The minimum atomic E-state index is -0.850. The van der Waals surface area contributed by atoms with E-state index in [1.54, 1.807) is 42.5 Å². The highest BCUT2D eigenvalue weighted by Gasteiger charge is 2.47. The SMILES string of the molecule is CCCOc1ccc(/C(O)=C2\C(=O)C(=O)N(c3cccc(C)c3C)C2c2ccc(O)cc2)cc1. The minimum absolute atomic E-state index is 0.00109. The van der Waals surface area contributed by atoms with Crippen molar-refractivity contribution in [2.75, 3.05) is 11.5 Å². The van der Waals surface area contributed by atoms with E-state index >= 15 is 0 Å². The Morgan fingerprint density at radius 2 is 1.65 bits per heavy atom. The van der Waals surface area contributed by atoms with E-state index in [2.05, 4.69) is 0 Å². The quantitative estimate of drug-likeness (QED) is 0.293. The van der Waals surface area contributed by atoms with E-state index < -0.39 is 17.7 Å². The lowest BCUT2D eigenvalue weighted by Gasteiger charge is -2.27. The van der Waals surface area contributed by atoms with E-state index in [1.807, 2.05) is 32.9 Å². The van der Waals surface area contributed by atoms with Crippen molar-refractivity contribution in [2.24, 2.45) is 0 Å². The molecule has 0 radical (unpaired) electrons. The molecule has 0 aliphatic carbocycles. The van der Waals surface area contributed by atoms with E-state index in [4.69, 9.17) is 4.74 Å². The summed E-state index contributed by atoms with van der Waals surface area (Å²) >= 11 is 0. The number of hydrogen-bond donors (Lipinski definition) is 2. The number of aromatic hydroxyl groups is 1. The number of Topliss-reactive ketones (excluding diaryl/α,β-unsaturated/α-hetero) is 1. The number of ether oxygens (including phenoxy) is 1. The highest BCUT2D eigenvalue weighted by atomic mass is 16.5. The standard InChI is InChI=1S/C28H27NO5/c1-4-16-34-22-14-10-20(11-15-22)26(31)24-25(19-8-12-21(30)13-9-19)29(28(33)27(24)32)23-7-5-6-17(2)18(23)3/h5-15,25,30-31H,4,16H2,1-3H3/b26-24+. The van der Waals surface area contributed by atoms with E-state index in [0.29, 0.717) is 29.2 Å². The largest absolute Gasteiger partial charge is 0.508 e. The molecular formula is C28H27NO5. The zero-order valence-corrected chi connectivity index (χ0v) is 19.4. The molecule has 0 bridgehead atoms. The van der Waals surface area contributed by atoms with Gasteiger partial charge in [0.1, 0.15) is 17.3 Å². The van der Waals surface area contributed by atoms with Crippen LogP contribution < -0.4 is 9.64 Å². The first kappa shape index (κ1) is 23.1. The van der Waals surface area contributed by atoms with Crippen molar-refractivity contribution in [3.05, 3.63) is 94.6 Å². The topological polar surface area (TPSA) is 87.1 Å². The van der Waals surface area contributed by atoms with E-state index in [1.165, 1.54) is 17.0 Å². The number of carbonyl (C=O) groups excluding carboxylic acids is 2. The van der Waals surface area contributed by atoms with Crippen molar-refractivity contribution in [3.63, 3.8) is 0 Å². The Labute approximate surface area is 198 Å². The van der Waals surface area contributed by atoms with Crippen LogP contribution in [-0.2, 0) is 9.59 Å². The number of aliphatic hydroxyl groups excluding tert-OH is 1. The summed E-state index contributed by atoms with van der Waals surface area (Å²) in [5.74, 6) is -1.01. The molecular weight excluding hydrogens is 430 g/mol. The van der Waals surface area contributed by atoms with Gasteiger partial charge in [0.05, 0.1) is 18.2 Å². The first-order valence-corrected chi connectivity index (χ1v) is 11.2. The monoisotopic (exact) mass is 457 g/mol. The molecule has 6 nitrogen and oxygen atoms in total. The molecule has 174 valence electrons. The van der Waals surface area contributed by atoms with Gasteiger partial charge in [-0.15, -0.1) is 0 Å². The summed E-state index contributed by atoms with van der Waals surface area (Å²) in [5, 5.41) is 21.0. The number of ketones is 1. The maximum absolute atomic E-state index is 13.3. The number of phenolic OH excluding ortho intramolecular Hbond substituents is 1. The van der Waals surface area contributed by atoms with Crippen LogP contribution in [0.5, 0.6) is 11.5 Å². The molecule has 0 saturated carbocycles. The number of carbonyl (C=O) groups is 2. The smallest absolute Gasteiger partial charge is 0.300 e. The maximum atomic E-state index is 13.3. The number of nitrogens with zero attached hydrogens (tertiary/aromatic N) is 1. The van der Waals surface area contributed by atoms with Gasteiger partial charge in [-0.1, -0.05) is 31.2 Å². The molecule has 0 spiro atoms. The molecule has 3 aromatic rings. The Morgan fingerprint density at radius 1 is 0.971 bits per heavy atom.